The van der Waals surface area contributed by atoms with Crippen molar-refractivity contribution in [2.24, 2.45) is 11.3 Å². The summed E-state index contributed by atoms with van der Waals surface area (Å²) < 4.78 is 39.6. The summed E-state index contributed by atoms with van der Waals surface area (Å²) in [4.78, 5) is 12.8. The van der Waals surface area contributed by atoms with E-state index in [0.29, 0.717) is 11.2 Å². The van der Waals surface area contributed by atoms with Gasteiger partial charge in [-0.1, -0.05) is 6.08 Å². The Labute approximate surface area is 203 Å². The van der Waals surface area contributed by atoms with Crippen LogP contribution in [0.1, 0.15) is 54.0 Å². The van der Waals surface area contributed by atoms with Gasteiger partial charge in [-0.05, 0) is 65.5 Å². The molecule has 186 valence electrons. The van der Waals surface area contributed by atoms with Gasteiger partial charge in [0.25, 0.3) is 0 Å². The third kappa shape index (κ3) is 3.98. The lowest BCUT2D eigenvalue weighted by Gasteiger charge is -2.24. The van der Waals surface area contributed by atoms with Crippen LogP contribution in [-0.2, 0) is 23.1 Å². The van der Waals surface area contributed by atoms with Crippen molar-refractivity contribution in [2.75, 3.05) is 5.73 Å². The fraction of sp³-hybridized carbons (Fsp3) is 0.682. The third-order valence-electron chi connectivity index (χ3n) is 6.54. The normalized spacial score (nSPS) is 32.3. The van der Waals surface area contributed by atoms with E-state index in [0.717, 1.165) is 6.42 Å². The maximum Gasteiger partial charge on any atom is 0.354 e. The van der Waals surface area contributed by atoms with Crippen LogP contribution in [0.25, 0.3) is 11.2 Å². The second kappa shape index (κ2) is 7.98. The minimum absolute atomic E-state index is 0.0600. The number of fused-ring (bicyclic) bond motifs is 4. The second-order valence-corrected chi connectivity index (χ2v) is 12.4. The van der Waals surface area contributed by atoms with Gasteiger partial charge in [-0.15, -0.1) is 0 Å². The molecule has 0 amide bonds. The summed E-state index contributed by atoms with van der Waals surface area (Å²) in [6, 6.07) is -0.122. The maximum atomic E-state index is 13.5. The predicted molar refractivity (Wildman–Crippen MR) is 127 cm³/mol. The quantitative estimate of drug-likeness (QED) is 0.416. The van der Waals surface area contributed by atoms with Gasteiger partial charge in [-0.2, -0.15) is 9.97 Å². The Morgan fingerprint density at radius 1 is 1.24 bits per heavy atom. The van der Waals surface area contributed by atoms with Gasteiger partial charge in [0.1, 0.15) is 11.6 Å². The Hall–Kier alpha value is -1.55. The first kappa shape index (κ1) is 24.2. The lowest BCUT2D eigenvalue weighted by Crippen LogP contribution is -2.31. The minimum Gasteiger partial charge on any atom is -0.382 e. The molecule has 0 radical (unpaired) electrons. The molecule has 5 rings (SSSR count). The first-order chi connectivity index (χ1) is 15.8. The molecule has 0 unspecified atom stereocenters. The van der Waals surface area contributed by atoms with Gasteiger partial charge in [-0.25, -0.2) is 4.98 Å². The lowest BCUT2D eigenvalue weighted by atomic mass is 9.99. The molecule has 0 aromatic carbocycles. The molecule has 3 heterocycles. The molecule has 10 nitrogen and oxygen atoms in total. The Morgan fingerprint density at radius 3 is 2.56 bits per heavy atom. The fourth-order valence-corrected chi connectivity index (χ4v) is 7.45. The van der Waals surface area contributed by atoms with E-state index in [1.165, 1.54) is 0 Å². The Balaban J connectivity index is 1.54. The maximum absolute atomic E-state index is 13.5. The molecule has 1 aliphatic heterocycles. The van der Waals surface area contributed by atoms with Gasteiger partial charge in [0.2, 0.25) is 5.28 Å². The zero-order chi connectivity index (χ0) is 24.6. The van der Waals surface area contributed by atoms with Crippen molar-refractivity contribution >= 4 is 36.2 Å². The second-order valence-electron chi connectivity index (χ2n) is 10.3. The number of nitrogens with zero attached hydrogens (tertiary/aromatic N) is 4. The van der Waals surface area contributed by atoms with Crippen LogP contribution in [0.4, 0.5) is 5.82 Å². The Kier molecular flexibility index (Phi) is 5.67. The number of aromatic nitrogens is 4. The summed E-state index contributed by atoms with van der Waals surface area (Å²) >= 11 is 6.10. The summed E-state index contributed by atoms with van der Waals surface area (Å²) in [6.45, 7) is 11.1. The molecule has 2 aromatic heterocycles. The highest BCUT2D eigenvalue weighted by Crippen LogP contribution is 2.73. The first-order valence-electron chi connectivity index (χ1n) is 11.5. The highest BCUT2D eigenvalue weighted by Gasteiger charge is 2.75. The van der Waals surface area contributed by atoms with Crippen LogP contribution >= 0.6 is 19.2 Å². The molecule has 5 atom stereocenters. The van der Waals surface area contributed by atoms with E-state index in [1.807, 2.05) is 52.2 Å². The van der Waals surface area contributed by atoms with Crippen LogP contribution in [0.5, 0.6) is 0 Å². The van der Waals surface area contributed by atoms with Gasteiger partial charge < -0.3 is 28.8 Å². The Morgan fingerprint density at radius 2 is 1.91 bits per heavy atom. The number of nitrogen functional groups attached to an aromatic ring is 1. The number of imidazole rings is 1. The summed E-state index contributed by atoms with van der Waals surface area (Å²) in [5.74, 6) is 1.21. The zero-order valence-corrected chi connectivity index (χ0v) is 21.8. The van der Waals surface area contributed by atoms with Gasteiger partial charge in [-0.3, -0.25) is 4.57 Å². The standard InChI is InChI=1S/C22H31ClN5O5P/c1-11(2)32-34(29,33-12(3)4)8-7-22-9-13(22)15(16-17(22)31-21(5,6)30-16)28-10-25-14-18(24)26-20(23)27-19(14)28/h7-8,10-13,15-17H,9H2,1-6H3,(H2,24,26,27)/b8-7+/t13-,15-,16+,17+,22+/m1/s1. The third-order valence-corrected chi connectivity index (χ3v) is 8.65. The van der Waals surface area contributed by atoms with Crippen molar-refractivity contribution in [3.05, 3.63) is 23.5 Å². The lowest BCUT2D eigenvalue weighted by molar-refractivity contribution is -0.159. The molecule has 12 heteroatoms. The smallest absolute Gasteiger partial charge is 0.354 e. The minimum atomic E-state index is -3.45. The number of ether oxygens (including phenoxy) is 2. The van der Waals surface area contributed by atoms with Gasteiger partial charge in [0.15, 0.2) is 17.3 Å². The molecule has 2 saturated carbocycles. The largest absolute Gasteiger partial charge is 0.382 e. The van der Waals surface area contributed by atoms with Crippen molar-refractivity contribution in [1.82, 2.24) is 19.5 Å². The monoisotopic (exact) mass is 511 g/mol. The summed E-state index contributed by atoms with van der Waals surface area (Å²) in [6.07, 6.45) is 3.49. The van der Waals surface area contributed by atoms with Gasteiger partial charge >= 0.3 is 7.60 Å². The molecule has 0 spiro atoms. The molecule has 2 aliphatic carbocycles. The van der Waals surface area contributed by atoms with Gasteiger partial charge in [0.05, 0.1) is 30.7 Å². The SMILES string of the molecule is CC(C)OP(=O)(/C=C/[C@]12C[C@@H]1[C@@H](n1cnc3c(N)nc(Cl)nc31)[C@@H]1OC(C)(C)O[C@@H]12)OC(C)C. The van der Waals surface area contributed by atoms with E-state index in [2.05, 4.69) is 15.0 Å². The van der Waals surface area contributed by atoms with Crippen molar-refractivity contribution in [2.45, 2.75) is 84.2 Å². The number of hydrogen-bond donors (Lipinski definition) is 1. The average molecular weight is 512 g/mol. The fourth-order valence-electron chi connectivity index (χ4n) is 5.45. The molecule has 1 saturated heterocycles. The topological polar surface area (TPSA) is 124 Å². The summed E-state index contributed by atoms with van der Waals surface area (Å²) in [5, 5.41) is 0.0600. The summed E-state index contributed by atoms with van der Waals surface area (Å²) in [7, 11) is -3.45. The molecule has 0 bridgehead atoms. The number of rotatable bonds is 7. The highest BCUT2D eigenvalue weighted by atomic mass is 35.5. The number of hydrogen-bond acceptors (Lipinski definition) is 9. The molecule has 34 heavy (non-hydrogen) atoms. The first-order valence-corrected chi connectivity index (χ1v) is 13.5. The van der Waals surface area contributed by atoms with E-state index in [9.17, 15) is 4.57 Å². The van der Waals surface area contributed by atoms with Gasteiger partial charge in [0, 0.05) is 11.2 Å². The molecular weight excluding hydrogens is 481 g/mol. The van der Waals surface area contributed by atoms with Crippen LogP contribution in [0.2, 0.25) is 5.28 Å². The van der Waals surface area contributed by atoms with Crippen LogP contribution < -0.4 is 5.73 Å². The molecule has 2 N–H and O–H groups in total. The molecule has 3 aliphatic rings. The van der Waals surface area contributed by atoms with Crippen molar-refractivity contribution in [3.63, 3.8) is 0 Å². The zero-order valence-electron chi connectivity index (χ0n) is 20.1. The molecule has 2 aromatic rings. The van der Waals surface area contributed by atoms with Crippen LogP contribution in [0.15, 0.2) is 18.2 Å². The molecular formula is C22H31ClN5O5P. The van der Waals surface area contributed by atoms with E-state index in [4.69, 9.17) is 35.9 Å². The molecule has 3 fully saturated rings. The van der Waals surface area contributed by atoms with Crippen molar-refractivity contribution in [1.29, 1.82) is 0 Å². The van der Waals surface area contributed by atoms with Crippen LogP contribution in [0, 0.1) is 11.3 Å². The van der Waals surface area contributed by atoms with Crippen molar-refractivity contribution < 1.29 is 23.1 Å². The number of nitrogens with two attached hydrogens (primary N) is 1. The van der Waals surface area contributed by atoms with Crippen LogP contribution in [-0.4, -0.2) is 49.7 Å². The van der Waals surface area contributed by atoms with E-state index >= 15 is 0 Å². The van der Waals surface area contributed by atoms with Crippen molar-refractivity contribution in [3.8, 4) is 0 Å². The van der Waals surface area contributed by atoms with E-state index < -0.39 is 13.4 Å². The van der Waals surface area contributed by atoms with Crippen LogP contribution in [0.3, 0.4) is 0 Å². The average Bonchev–Trinajstić information content (AvgIpc) is 2.95. The Bertz CT molecular complexity index is 1190. The number of anilines is 1. The van der Waals surface area contributed by atoms with E-state index in [-0.39, 0.29) is 52.9 Å². The highest BCUT2D eigenvalue weighted by molar-refractivity contribution is 7.57. The van der Waals surface area contributed by atoms with E-state index in [1.54, 1.807) is 12.1 Å². The predicted octanol–water partition coefficient (Wildman–Crippen LogP) is 4.70. The summed E-state index contributed by atoms with van der Waals surface area (Å²) in [5.41, 5.74) is 6.70. The number of halogens is 1.